The fourth-order valence-corrected chi connectivity index (χ4v) is 5.57. The highest BCUT2D eigenvalue weighted by Crippen LogP contribution is 2.30. The van der Waals surface area contributed by atoms with Crippen LogP contribution < -0.4 is 10.1 Å². The molecule has 3 aromatic rings. The molecule has 1 amide bonds. The van der Waals surface area contributed by atoms with E-state index in [1.807, 2.05) is 55.6 Å². The molecule has 178 valence electrons. The van der Waals surface area contributed by atoms with Crippen molar-refractivity contribution in [2.75, 3.05) is 45.2 Å². The molecule has 0 saturated carbocycles. The Hall–Kier alpha value is -2.72. The van der Waals surface area contributed by atoms with E-state index >= 15 is 0 Å². The number of anilines is 1. The molecule has 1 aliphatic heterocycles. The Kier molecular flexibility index (Phi) is 7.67. The van der Waals surface area contributed by atoms with Crippen LogP contribution in [-0.2, 0) is 14.8 Å². The first-order chi connectivity index (χ1) is 16.3. The van der Waals surface area contributed by atoms with Crippen LogP contribution in [0.3, 0.4) is 0 Å². The van der Waals surface area contributed by atoms with Gasteiger partial charge >= 0.3 is 0 Å². The molecule has 1 aliphatic rings. The topological polar surface area (TPSA) is 79.0 Å². The summed E-state index contributed by atoms with van der Waals surface area (Å²) in [7, 11) is -1.57. The van der Waals surface area contributed by atoms with Gasteiger partial charge in [-0.25, -0.2) is 8.42 Å². The number of hydrogen-bond donors (Lipinski definition) is 1. The predicted molar refractivity (Wildman–Crippen MR) is 136 cm³/mol. The molecule has 1 heterocycles. The van der Waals surface area contributed by atoms with E-state index in [4.69, 9.17) is 4.74 Å². The van der Waals surface area contributed by atoms with Crippen molar-refractivity contribution in [1.29, 1.82) is 0 Å². The molecule has 7 nitrogen and oxygen atoms in total. The first-order valence-corrected chi connectivity index (χ1v) is 13.1. The van der Waals surface area contributed by atoms with Crippen molar-refractivity contribution in [1.82, 2.24) is 9.21 Å². The van der Waals surface area contributed by atoms with Gasteiger partial charge in [-0.2, -0.15) is 4.31 Å². The number of benzene rings is 3. The van der Waals surface area contributed by atoms with Gasteiger partial charge in [-0.3, -0.25) is 4.79 Å². The normalized spacial score (nSPS) is 15.1. The Balaban J connectivity index is 1.33. The zero-order valence-corrected chi connectivity index (χ0v) is 21.2. The lowest BCUT2D eigenvalue weighted by Gasteiger charge is -2.31. The minimum absolute atomic E-state index is 0.176. The predicted octanol–water partition coefficient (Wildman–Crippen LogP) is 4.07. The molecule has 0 bridgehead atoms. The smallest absolute Gasteiger partial charge is 0.262 e. The van der Waals surface area contributed by atoms with Crippen LogP contribution in [-0.4, -0.2) is 63.4 Å². The summed E-state index contributed by atoms with van der Waals surface area (Å²) in [6.45, 7) is 2.18. The number of carbonyl (C=O) groups is 1. The quantitative estimate of drug-likeness (QED) is 0.486. The molecule has 1 saturated heterocycles. The number of sulfonamides is 1. The highest BCUT2D eigenvalue weighted by Gasteiger charge is 2.27. The Labute approximate surface area is 208 Å². The number of ether oxygens (including phenoxy) is 1. The van der Waals surface area contributed by atoms with Gasteiger partial charge in [0.15, 0.2) is 6.61 Å². The summed E-state index contributed by atoms with van der Waals surface area (Å²) in [4.78, 5) is 14.7. The highest BCUT2D eigenvalue weighted by molar-refractivity contribution is 9.10. The van der Waals surface area contributed by atoms with E-state index in [9.17, 15) is 13.2 Å². The molecule has 1 N–H and O–H groups in total. The third-order valence-corrected chi connectivity index (χ3v) is 8.17. The summed E-state index contributed by atoms with van der Waals surface area (Å²) >= 11 is 3.50. The van der Waals surface area contributed by atoms with Crippen LogP contribution in [0.5, 0.6) is 5.75 Å². The van der Waals surface area contributed by atoms with Crippen molar-refractivity contribution in [2.45, 2.75) is 4.90 Å². The summed E-state index contributed by atoms with van der Waals surface area (Å²) in [5, 5.41) is 2.74. The molecule has 1 fully saturated rings. The Bertz CT molecular complexity index is 1240. The summed E-state index contributed by atoms with van der Waals surface area (Å²) in [6, 6.07) is 21.9. The lowest BCUT2D eigenvalue weighted by Crippen LogP contribution is -2.46. The van der Waals surface area contributed by atoms with Gasteiger partial charge < -0.3 is 15.0 Å². The number of nitrogens with zero attached hydrogens (tertiary/aromatic N) is 2. The minimum Gasteiger partial charge on any atom is -0.483 e. The van der Waals surface area contributed by atoms with E-state index in [1.54, 1.807) is 12.1 Å². The van der Waals surface area contributed by atoms with Gasteiger partial charge in [0.25, 0.3) is 5.91 Å². The second-order valence-corrected chi connectivity index (χ2v) is 10.9. The number of hydrogen-bond acceptors (Lipinski definition) is 5. The van der Waals surface area contributed by atoms with E-state index < -0.39 is 10.0 Å². The van der Waals surface area contributed by atoms with Gasteiger partial charge in [-0.05, 0) is 70.5 Å². The van der Waals surface area contributed by atoms with Gasteiger partial charge in [0.05, 0.1) is 9.37 Å². The van der Waals surface area contributed by atoms with Crippen molar-refractivity contribution in [2.24, 2.45) is 0 Å². The number of piperazine rings is 1. The summed E-state index contributed by atoms with van der Waals surface area (Å²) in [5.74, 6) is 0.220. The second-order valence-electron chi connectivity index (χ2n) is 8.08. The number of carbonyl (C=O) groups excluding carboxylic acids is 1. The van der Waals surface area contributed by atoms with Crippen molar-refractivity contribution in [3.63, 3.8) is 0 Å². The van der Waals surface area contributed by atoms with E-state index in [0.717, 1.165) is 15.6 Å². The summed E-state index contributed by atoms with van der Waals surface area (Å²) in [6.07, 6.45) is 0. The maximum absolute atomic E-state index is 12.8. The van der Waals surface area contributed by atoms with Crippen LogP contribution in [0.15, 0.2) is 82.2 Å². The van der Waals surface area contributed by atoms with Crippen LogP contribution in [0.25, 0.3) is 11.1 Å². The zero-order chi connectivity index (χ0) is 24.1. The Morgan fingerprint density at radius 3 is 2.26 bits per heavy atom. The first kappa shape index (κ1) is 24.4. The molecule has 9 heteroatoms. The van der Waals surface area contributed by atoms with Crippen molar-refractivity contribution in [3.05, 3.63) is 77.3 Å². The number of amides is 1. The van der Waals surface area contributed by atoms with E-state index in [1.165, 1.54) is 16.4 Å². The molecule has 4 rings (SSSR count). The average molecular weight is 544 g/mol. The molecule has 0 aliphatic carbocycles. The molecular formula is C25H26BrN3O4S. The second kappa shape index (κ2) is 10.7. The largest absolute Gasteiger partial charge is 0.483 e. The summed E-state index contributed by atoms with van der Waals surface area (Å²) < 4.78 is 33.6. The van der Waals surface area contributed by atoms with Crippen LogP contribution in [0.1, 0.15) is 0 Å². The number of nitrogens with one attached hydrogen (secondary N) is 1. The van der Waals surface area contributed by atoms with Crippen molar-refractivity contribution < 1.29 is 17.9 Å². The third kappa shape index (κ3) is 5.85. The highest BCUT2D eigenvalue weighted by atomic mass is 79.9. The number of halogens is 1. The molecule has 0 spiro atoms. The maximum atomic E-state index is 12.8. The maximum Gasteiger partial charge on any atom is 0.262 e. The number of rotatable bonds is 7. The molecule has 0 aromatic heterocycles. The lowest BCUT2D eigenvalue weighted by molar-refractivity contribution is -0.118. The molecule has 0 atom stereocenters. The van der Waals surface area contributed by atoms with Crippen molar-refractivity contribution >= 4 is 37.5 Å². The standard InChI is InChI=1S/C25H26BrN3O4S/c1-28-13-15-29(16-14-28)34(31,32)22-10-8-21(9-11-22)27-25(30)18-33-24-12-7-20(17-23(24)26)19-5-3-2-4-6-19/h2-12,17H,13-16,18H2,1H3,(H,27,30). The van der Waals surface area contributed by atoms with Gasteiger partial charge in [0.1, 0.15) is 5.75 Å². The van der Waals surface area contributed by atoms with Gasteiger partial charge in [0, 0.05) is 31.9 Å². The monoisotopic (exact) mass is 543 g/mol. The van der Waals surface area contributed by atoms with Gasteiger partial charge in [0.2, 0.25) is 10.0 Å². The first-order valence-electron chi connectivity index (χ1n) is 10.9. The zero-order valence-electron chi connectivity index (χ0n) is 18.8. The van der Waals surface area contributed by atoms with E-state index in [-0.39, 0.29) is 17.4 Å². The SMILES string of the molecule is CN1CCN(S(=O)(=O)c2ccc(NC(=O)COc3ccc(-c4ccccc4)cc3Br)cc2)CC1. The molecular weight excluding hydrogens is 518 g/mol. The molecule has 0 unspecified atom stereocenters. The summed E-state index contributed by atoms with van der Waals surface area (Å²) in [5.41, 5.74) is 2.63. The van der Waals surface area contributed by atoms with Crippen molar-refractivity contribution in [3.8, 4) is 16.9 Å². The average Bonchev–Trinajstić information content (AvgIpc) is 2.84. The van der Waals surface area contributed by atoms with Gasteiger partial charge in [-0.1, -0.05) is 36.4 Å². The van der Waals surface area contributed by atoms with E-state index in [2.05, 4.69) is 26.1 Å². The third-order valence-electron chi connectivity index (χ3n) is 5.64. The fraction of sp³-hybridized carbons (Fsp3) is 0.240. The molecule has 3 aromatic carbocycles. The van der Waals surface area contributed by atoms with Crippen LogP contribution in [0, 0.1) is 0 Å². The Morgan fingerprint density at radius 1 is 0.941 bits per heavy atom. The van der Waals surface area contributed by atoms with Crippen LogP contribution in [0.2, 0.25) is 0 Å². The van der Waals surface area contributed by atoms with E-state index in [0.29, 0.717) is 37.6 Å². The molecule has 34 heavy (non-hydrogen) atoms. The number of likely N-dealkylation sites (N-methyl/N-ethyl adjacent to an activating group) is 1. The minimum atomic E-state index is -3.54. The van der Waals surface area contributed by atoms with Crippen LogP contribution >= 0.6 is 15.9 Å². The van der Waals surface area contributed by atoms with Gasteiger partial charge in [-0.15, -0.1) is 0 Å². The van der Waals surface area contributed by atoms with Crippen LogP contribution in [0.4, 0.5) is 5.69 Å². The molecule has 0 radical (unpaired) electrons. The Morgan fingerprint density at radius 2 is 1.62 bits per heavy atom. The lowest BCUT2D eigenvalue weighted by atomic mass is 10.1. The fourth-order valence-electron chi connectivity index (χ4n) is 3.66.